The average molecular weight is 715 g/mol. The van der Waals surface area contributed by atoms with Gasteiger partial charge < -0.3 is 34.9 Å². The molecule has 0 radical (unpaired) electrons. The van der Waals surface area contributed by atoms with Crippen LogP contribution in [0.25, 0.3) is 0 Å². The predicted octanol–water partition coefficient (Wildman–Crippen LogP) is 9.08. The molecule has 3 N–H and O–H groups in total. The summed E-state index contributed by atoms with van der Waals surface area (Å²) in [4.78, 5) is 0. The van der Waals surface area contributed by atoms with Crippen LogP contribution >= 0.6 is 15.9 Å². The smallest absolute Gasteiger partial charge is 0.166 e. The van der Waals surface area contributed by atoms with Crippen LogP contribution in [0.15, 0.2) is 77.8 Å². The minimum absolute atomic E-state index is 0.0682. The zero-order valence-electron chi connectivity index (χ0n) is 30.9. The number of hydrogen-bond acceptors (Lipinski definition) is 7. The summed E-state index contributed by atoms with van der Waals surface area (Å²) in [5.41, 5.74) is 3.89. The van der Waals surface area contributed by atoms with Gasteiger partial charge in [0.15, 0.2) is 11.5 Å². The maximum absolute atomic E-state index is 5.69. The molecule has 0 atom stereocenters. The summed E-state index contributed by atoms with van der Waals surface area (Å²) < 4.78 is 22.5. The van der Waals surface area contributed by atoms with Crippen molar-refractivity contribution in [3.8, 4) is 23.0 Å². The van der Waals surface area contributed by atoms with Crippen LogP contribution in [-0.2, 0) is 19.6 Å². The Morgan fingerprint density at radius 3 is 1.66 bits per heavy atom. The molecular formula is C39H60BrN3O4. The Labute approximate surface area is 294 Å². The van der Waals surface area contributed by atoms with Gasteiger partial charge in [0.1, 0.15) is 18.1 Å². The quantitative estimate of drug-likeness (QED) is 0.162. The van der Waals surface area contributed by atoms with Crippen molar-refractivity contribution < 1.29 is 18.9 Å². The van der Waals surface area contributed by atoms with Crippen LogP contribution in [0.2, 0.25) is 0 Å². The normalized spacial score (nSPS) is 11.3. The highest BCUT2D eigenvalue weighted by Crippen LogP contribution is 2.31. The Morgan fingerprint density at radius 1 is 0.638 bits per heavy atom. The topological polar surface area (TPSA) is 73.0 Å². The van der Waals surface area contributed by atoms with E-state index in [4.69, 9.17) is 18.9 Å². The number of methoxy groups -OCH3 is 3. The lowest BCUT2D eigenvalue weighted by atomic mass is 10.1. The number of hydrogen-bond donors (Lipinski definition) is 3. The van der Waals surface area contributed by atoms with Crippen molar-refractivity contribution in [1.82, 2.24) is 16.0 Å². The fourth-order valence-corrected chi connectivity index (χ4v) is 4.29. The van der Waals surface area contributed by atoms with Crippen molar-refractivity contribution in [1.29, 1.82) is 0 Å². The molecule has 3 rings (SSSR count). The van der Waals surface area contributed by atoms with Crippen molar-refractivity contribution in [3.63, 3.8) is 0 Å². The van der Waals surface area contributed by atoms with Crippen molar-refractivity contribution >= 4 is 15.9 Å². The summed E-state index contributed by atoms with van der Waals surface area (Å²) in [7, 11) is 5.03. The van der Waals surface area contributed by atoms with E-state index in [1.165, 1.54) is 11.1 Å². The van der Waals surface area contributed by atoms with Gasteiger partial charge in [-0.05, 0) is 104 Å². The van der Waals surface area contributed by atoms with Gasteiger partial charge in [-0.2, -0.15) is 0 Å². The molecule has 47 heavy (non-hydrogen) atoms. The fourth-order valence-electron chi connectivity index (χ4n) is 3.88. The van der Waals surface area contributed by atoms with Crippen molar-refractivity contribution in [2.24, 2.45) is 0 Å². The van der Waals surface area contributed by atoms with Crippen molar-refractivity contribution in [3.05, 3.63) is 94.5 Å². The molecule has 0 spiro atoms. The molecule has 0 amide bonds. The summed E-state index contributed by atoms with van der Waals surface area (Å²) in [5, 5.41) is 10.3. The molecule has 0 saturated heterocycles. The van der Waals surface area contributed by atoms with Gasteiger partial charge in [-0.3, -0.25) is 0 Å². The molecular weight excluding hydrogens is 654 g/mol. The number of nitrogens with one attached hydrogen (secondary N) is 3. The second-order valence-corrected chi connectivity index (χ2v) is 15.1. The molecule has 8 heteroatoms. The number of halogens is 1. The Bertz CT molecular complexity index is 1320. The van der Waals surface area contributed by atoms with Gasteiger partial charge >= 0.3 is 0 Å². The second kappa shape index (κ2) is 20.4. The third-order valence-corrected chi connectivity index (χ3v) is 6.96. The summed E-state index contributed by atoms with van der Waals surface area (Å²) in [6.45, 7) is 25.9. The molecule has 0 aromatic heterocycles. The molecule has 3 aromatic carbocycles. The first-order valence-corrected chi connectivity index (χ1v) is 16.8. The van der Waals surface area contributed by atoms with E-state index in [-0.39, 0.29) is 16.6 Å². The van der Waals surface area contributed by atoms with Crippen LogP contribution in [0.5, 0.6) is 23.0 Å². The van der Waals surface area contributed by atoms with E-state index in [2.05, 4.69) is 119 Å². The van der Waals surface area contributed by atoms with Gasteiger partial charge in [0.2, 0.25) is 0 Å². The van der Waals surface area contributed by atoms with Crippen molar-refractivity contribution in [2.75, 3.05) is 27.9 Å². The number of para-hydroxylation sites is 1. The van der Waals surface area contributed by atoms with E-state index >= 15 is 0 Å². The fraction of sp³-hybridized carbons (Fsp3) is 0.487. The van der Waals surface area contributed by atoms with Gasteiger partial charge in [-0.25, -0.2) is 0 Å². The summed E-state index contributed by atoms with van der Waals surface area (Å²) in [5.74, 6) is 3.38. The van der Waals surface area contributed by atoms with E-state index < -0.39 is 0 Å². The molecule has 262 valence electrons. The first kappa shape index (κ1) is 42.0. The Morgan fingerprint density at radius 2 is 1.17 bits per heavy atom. The highest BCUT2D eigenvalue weighted by atomic mass is 79.9. The molecule has 0 heterocycles. The molecule has 0 fully saturated rings. The highest BCUT2D eigenvalue weighted by Gasteiger charge is 2.14. The second-order valence-electron chi connectivity index (χ2n) is 14.2. The van der Waals surface area contributed by atoms with Gasteiger partial charge in [0.05, 0.1) is 21.3 Å². The van der Waals surface area contributed by atoms with Crippen molar-refractivity contribution in [2.45, 2.75) is 98.6 Å². The van der Waals surface area contributed by atoms with E-state index in [0.29, 0.717) is 6.61 Å². The molecule has 7 nitrogen and oxygen atoms in total. The average Bonchev–Trinajstić information content (AvgIpc) is 3.00. The van der Waals surface area contributed by atoms with Crippen LogP contribution in [0.3, 0.4) is 0 Å². The molecule has 0 aliphatic rings. The third kappa shape index (κ3) is 18.8. The standard InChI is InChI=1S/C15H23NO2.C12H18BrNO.C12H19NO/c1-6-10-18-14-12(11-16-15(2,3)4)8-7-9-13(14)17-5;1-12(2,3)14-8-9-7-10(13)5-6-11(9)15-4;1-12(2,3)13-9-10-5-7-11(14-4)8-6-10/h6-9,16H,1,10-11H2,2-5H3;5-7,14H,8H2,1-4H3;5-8,13H,9H2,1-4H3. The lowest BCUT2D eigenvalue weighted by Crippen LogP contribution is -2.35. The minimum Gasteiger partial charge on any atom is -0.497 e. The molecule has 3 aromatic rings. The van der Waals surface area contributed by atoms with E-state index in [1.54, 1.807) is 27.4 Å². The molecule has 0 unspecified atom stereocenters. The predicted molar refractivity (Wildman–Crippen MR) is 202 cm³/mol. The molecule has 0 aliphatic carbocycles. The van der Waals surface area contributed by atoms with E-state index in [9.17, 15) is 0 Å². The largest absolute Gasteiger partial charge is 0.497 e. The monoisotopic (exact) mass is 713 g/mol. The number of ether oxygens (including phenoxy) is 4. The van der Waals surface area contributed by atoms with Crippen LogP contribution in [0.4, 0.5) is 0 Å². The zero-order chi connectivity index (χ0) is 35.7. The van der Waals surface area contributed by atoms with Gasteiger partial charge in [0.25, 0.3) is 0 Å². The lowest BCUT2D eigenvalue weighted by molar-refractivity contribution is 0.319. The Balaban J connectivity index is 0.000000356. The first-order valence-electron chi connectivity index (χ1n) is 16.0. The van der Waals surface area contributed by atoms with Crippen LogP contribution in [0.1, 0.15) is 79.0 Å². The first-order chi connectivity index (χ1) is 21.9. The summed E-state index contributed by atoms with van der Waals surface area (Å²) >= 11 is 3.46. The third-order valence-electron chi connectivity index (χ3n) is 6.47. The molecule has 0 saturated carbocycles. The van der Waals surface area contributed by atoms with Crippen LogP contribution in [-0.4, -0.2) is 44.6 Å². The number of rotatable bonds is 12. The maximum Gasteiger partial charge on any atom is 0.166 e. The Hall–Kier alpha value is -3.04. The van der Waals surface area contributed by atoms with Crippen LogP contribution in [0, 0.1) is 0 Å². The SMILES string of the molecule is C=CCOc1c(CNC(C)(C)C)cccc1OC.COc1ccc(Br)cc1CNC(C)(C)C.COc1ccc(CNC(C)(C)C)cc1. The van der Waals surface area contributed by atoms with Gasteiger partial charge in [-0.15, -0.1) is 0 Å². The van der Waals surface area contributed by atoms with E-state index in [1.807, 2.05) is 42.5 Å². The van der Waals surface area contributed by atoms with Gasteiger partial charge in [0, 0.05) is 51.9 Å². The summed E-state index contributed by atoms with van der Waals surface area (Å²) in [6.07, 6.45) is 1.73. The maximum atomic E-state index is 5.69. The Kier molecular flexibility index (Phi) is 18.2. The minimum atomic E-state index is 0.0682. The highest BCUT2D eigenvalue weighted by molar-refractivity contribution is 9.10. The lowest BCUT2D eigenvalue weighted by Gasteiger charge is -2.22. The zero-order valence-corrected chi connectivity index (χ0v) is 32.5. The van der Waals surface area contributed by atoms with Crippen LogP contribution < -0.4 is 34.9 Å². The molecule has 0 aliphatic heterocycles. The summed E-state index contributed by atoms with van der Waals surface area (Å²) in [6, 6.07) is 20.1. The molecule has 0 bridgehead atoms. The van der Waals surface area contributed by atoms with Gasteiger partial charge in [-0.1, -0.05) is 52.9 Å². The van der Waals surface area contributed by atoms with E-state index in [0.717, 1.165) is 52.7 Å². The number of benzene rings is 3.